The van der Waals surface area contributed by atoms with E-state index >= 15 is 0 Å². The van der Waals surface area contributed by atoms with Gasteiger partial charge in [0.2, 0.25) is 0 Å². The van der Waals surface area contributed by atoms with Gasteiger partial charge in [-0.2, -0.15) is 0 Å². The molecule has 4 heteroatoms. The molecule has 0 amide bonds. The van der Waals surface area contributed by atoms with Crippen molar-refractivity contribution in [2.45, 2.75) is 57.7 Å². The summed E-state index contributed by atoms with van der Waals surface area (Å²) in [6, 6.07) is 9.78. The van der Waals surface area contributed by atoms with E-state index in [1.165, 1.54) is 24.0 Å². The summed E-state index contributed by atoms with van der Waals surface area (Å²) in [7, 11) is 0. The standard InChI is InChI=1S/C19H28N2O2/c1-2-14-3-5-15(6-4-14)11-20-17-9-18(10-17)21(13-19(22)23)12-16-7-8-16/h3-6,16-18,20H,2,7-13H2,1H3,(H,22,23). The average molecular weight is 316 g/mol. The van der Waals surface area contributed by atoms with Gasteiger partial charge in [-0.1, -0.05) is 31.2 Å². The van der Waals surface area contributed by atoms with Crippen molar-refractivity contribution in [3.05, 3.63) is 35.4 Å². The van der Waals surface area contributed by atoms with E-state index in [1.54, 1.807) is 0 Å². The molecule has 0 bridgehead atoms. The Hall–Kier alpha value is -1.39. The molecule has 2 saturated carbocycles. The van der Waals surface area contributed by atoms with Crippen LogP contribution >= 0.6 is 0 Å². The molecule has 2 aliphatic carbocycles. The summed E-state index contributed by atoms with van der Waals surface area (Å²) in [5.41, 5.74) is 2.70. The topological polar surface area (TPSA) is 52.6 Å². The highest BCUT2D eigenvalue weighted by atomic mass is 16.4. The summed E-state index contributed by atoms with van der Waals surface area (Å²) < 4.78 is 0. The van der Waals surface area contributed by atoms with Gasteiger partial charge in [-0.25, -0.2) is 0 Å². The molecule has 3 rings (SSSR count). The maximum absolute atomic E-state index is 11.0. The lowest BCUT2D eigenvalue weighted by atomic mass is 9.85. The molecule has 1 aromatic rings. The molecule has 2 aliphatic rings. The van der Waals surface area contributed by atoms with Crippen molar-refractivity contribution in [3.63, 3.8) is 0 Å². The van der Waals surface area contributed by atoms with Crippen molar-refractivity contribution < 1.29 is 9.90 Å². The molecule has 4 nitrogen and oxygen atoms in total. The number of nitrogens with zero attached hydrogens (tertiary/aromatic N) is 1. The van der Waals surface area contributed by atoms with Gasteiger partial charge in [0.05, 0.1) is 6.54 Å². The van der Waals surface area contributed by atoms with Crippen molar-refractivity contribution in [2.75, 3.05) is 13.1 Å². The van der Waals surface area contributed by atoms with E-state index in [9.17, 15) is 4.79 Å². The van der Waals surface area contributed by atoms with Crippen molar-refractivity contribution >= 4 is 5.97 Å². The monoisotopic (exact) mass is 316 g/mol. The van der Waals surface area contributed by atoms with Crippen LogP contribution in [-0.2, 0) is 17.8 Å². The predicted molar refractivity (Wildman–Crippen MR) is 91.4 cm³/mol. The Morgan fingerprint density at radius 2 is 1.87 bits per heavy atom. The molecule has 0 atom stereocenters. The van der Waals surface area contributed by atoms with Crippen LogP contribution in [0.5, 0.6) is 0 Å². The maximum Gasteiger partial charge on any atom is 0.317 e. The summed E-state index contributed by atoms with van der Waals surface area (Å²) in [6.45, 7) is 4.25. The minimum Gasteiger partial charge on any atom is -0.480 e. The second kappa shape index (κ2) is 7.45. The number of nitrogens with one attached hydrogen (secondary N) is 1. The van der Waals surface area contributed by atoms with Gasteiger partial charge in [-0.05, 0) is 49.1 Å². The number of carboxylic acid groups (broad SMARTS) is 1. The molecule has 23 heavy (non-hydrogen) atoms. The van der Waals surface area contributed by atoms with Gasteiger partial charge in [0, 0.05) is 25.2 Å². The third-order valence-corrected chi connectivity index (χ3v) is 5.18. The number of hydrogen-bond donors (Lipinski definition) is 2. The highest BCUT2D eigenvalue weighted by Crippen LogP contribution is 2.33. The molecule has 126 valence electrons. The first-order valence-corrected chi connectivity index (χ1v) is 8.91. The smallest absolute Gasteiger partial charge is 0.317 e. The van der Waals surface area contributed by atoms with Crippen molar-refractivity contribution in [3.8, 4) is 0 Å². The number of aliphatic carboxylic acids is 1. The lowest BCUT2D eigenvalue weighted by Gasteiger charge is -2.43. The van der Waals surface area contributed by atoms with E-state index in [1.807, 2.05) is 0 Å². The highest BCUT2D eigenvalue weighted by molar-refractivity contribution is 5.69. The summed E-state index contributed by atoms with van der Waals surface area (Å²) in [5.74, 6) is 0.0523. The molecule has 2 fully saturated rings. The quantitative estimate of drug-likeness (QED) is 0.735. The Labute approximate surface area is 138 Å². The van der Waals surface area contributed by atoms with Crippen LogP contribution in [0, 0.1) is 5.92 Å². The first kappa shape index (κ1) is 16.5. The van der Waals surface area contributed by atoms with Crippen LogP contribution in [0.1, 0.15) is 43.7 Å². The Morgan fingerprint density at radius 1 is 1.22 bits per heavy atom. The second-order valence-corrected chi connectivity index (χ2v) is 7.14. The van der Waals surface area contributed by atoms with E-state index in [0.717, 1.165) is 38.3 Å². The zero-order chi connectivity index (χ0) is 16.2. The zero-order valence-electron chi connectivity index (χ0n) is 14.0. The van der Waals surface area contributed by atoms with Crippen LogP contribution in [0.2, 0.25) is 0 Å². The number of carbonyl (C=O) groups is 1. The summed E-state index contributed by atoms with van der Waals surface area (Å²) in [5, 5.41) is 12.7. The summed E-state index contributed by atoms with van der Waals surface area (Å²) in [4.78, 5) is 13.2. The van der Waals surface area contributed by atoms with Crippen molar-refractivity contribution in [1.29, 1.82) is 0 Å². The number of benzene rings is 1. The molecule has 0 heterocycles. The molecule has 0 aliphatic heterocycles. The van der Waals surface area contributed by atoms with Crippen molar-refractivity contribution in [2.24, 2.45) is 5.92 Å². The average Bonchev–Trinajstić information content (AvgIpc) is 3.29. The van der Waals surface area contributed by atoms with E-state index < -0.39 is 5.97 Å². The fourth-order valence-corrected chi connectivity index (χ4v) is 3.36. The minimum atomic E-state index is -0.696. The highest BCUT2D eigenvalue weighted by Gasteiger charge is 2.36. The number of hydrogen-bond acceptors (Lipinski definition) is 3. The summed E-state index contributed by atoms with van der Waals surface area (Å²) in [6.07, 6.45) is 5.79. The number of aryl methyl sites for hydroxylation is 1. The SMILES string of the molecule is CCc1ccc(CNC2CC(N(CC(=O)O)CC3CC3)C2)cc1. The second-order valence-electron chi connectivity index (χ2n) is 7.14. The number of carboxylic acids is 1. The molecule has 0 spiro atoms. The molecule has 0 aromatic heterocycles. The Bertz CT molecular complexity index is 519. The largest absolute Gasteiger partial charge is 0.480 e. The molecular formula is C19H28N2O2. The van der Waals surface area contributed by atoms with Crippen molar-refractivity contribution in [1.82, 2.24) is 10.2 Å². The minimum absolute atomic E-state index is 0.201. The van der Waals surface area contributed by atoms with Crippen LogP contribution in [0.3, 0.4) is 0 Å². The van der Waals surface area contributed by atoms with Gasteiger partial charge >= 0.3 is 5.97 Å². The Balaban J connectivity index is 1.41. The molecule has 0 unspecified atom stereocenters. The van der Waals surface area contributed by atoms with Crippen LogP contribution in [0.25, 0.3) is 0 Å². The van der Waals surface area contributed by atoms with Gasteiger partial charge in [0.15, 0.2) is 0 Å². The Morgan fingerprint density at radius 3 is 2.43 bits per heavy atom. The van der Waals surface area contributed by atoms with E-state index in [-0.39, 0.29) is 6.54 Å². The van der Waals surface area contributed by atoms with E-state index in [2.05, 4.69) is 41.4 Å². The predicted octanol–water partition coefficient (Wildman–Crippen LogP) is 2.67. The van der Waals surface area contributed by atoms with Crippen LogP contribution in [-0.4, -0.2) is 41.1 Å². The van der Waals surface area contributed by atoms with E-state index in [0.29, 0.717) is 12.1 Å². The normalized spacial score (nSPS) is 23.7. The van der Waals surface area contributed by atoms with Gasteiger partial charge < -0.3 is 10.4 Å². The first-order valence-electron chi connectivity index (χ1n) is 8.91. The van der Waals surface area contributed by atoms with Gasteiger partial charge in [-0.3, -0.25) is 9.69 Å². The molecule has 0 radical (unpaired) electrons. The maximum atomic E-state index is 11.0. The zero-order valence-corrected chi connectivity index (χ0v) is 14.0. The van der Waals surface area contributed by atoms with Gasteiger partial charge in [0.1, 0.15) is 0 Å². The molecule has 1 aromatic carbocycles. The third kappa shape index (κ3) is 4.79. The van der Waals surface area contributed by atoms with Gasteiger partial charge in [-0.15, -0.1) is 0 Å². The fourth-order valence-electron chi connectivity index (χ4n) is 3.36. The fraction of sp³-hybridized carbons (Fsp3) is 0.632. The number of rotatable bonds is 9. The first-order chi connectivity index (χ1) is 11.1. The van der Waals surface area contributed by atoms with Gasteiger partial charge in [0.25, 0.3) is 0 Å². The molecule has 2 N–H and O–H groups in total. The molecular weight excluding hydrogens is 288 g/mol. The van der Waals surface area contributed by atoms with Crippen LogP contribution in [0.15, 0.2) is 24.3 Å². The third-order valence-electron chi connectivity index (χ3n) is 5.18. The molecule has 0 saturated heterocycles. The van der Waals surface area contributed by atoms with Crippen LogP contribution < -0.4 is 5.32 Å². The summed E-state index contributed by atoms with van der Waals surface area (Å²) >= 11 is 0. The lowest BCUT2D eigenvalue weighted by molar-refractivity contribution is -0.139. The van der Waals surface area contributed by atoms with Crippen LogP contribution in [0.4, 0.5) is 0 Å². The van der Waals surface area contributed by atoms with E-state index in [4.69, 9.17) is 5.11 Å². The Kier molecular flexibility index (Phi) is 5.34. The lowest BCUT2D eigenvalue weighted by Crippen LogP contribution is -2.54.